The monoisotopic (exact) mass is 455 g/mol. The smallest absolute Gasteiger partial charge is 0.407 e. The normalized spacial score (nSPS) is 13.4. The molecule has 0 saturated heterocycles. The van der Waals surface area contributed by atoms with Crippen LogP contribution in [0.25, 0.3) is 0 Å². The zero-order valence-electron chi connectivity index (χ0n) is 22.7. The average Bonchev–Trinajstić information content (AvgIpc) is 2.48. The molecule has 7 heteroatoms. The Morgan fingerprint density at radius 2 is 0.938 bits per heavy atom. The molecule has 0 unspecified atom stereocenters. The van der Waals surface area contributed by atoms with E-state index in [0.29, 0.717) is 25.7 Å². The SMILES string of the molecule is CC(C)(C)NC(=O)CCC(CCC(=O)NC(C)(C)C)(COC(=O)NC(C)(C)C)C(C)(C)C. The second-order valence-corrected chi connectivity index (χ2v) is 13.1. The van der Waals surface area contributed by atoms with Crippen LogP contribution in [0.2, 0.25) is 0 Å². The summed E-state index contributed by atoms with van der Waals surface area (Å²) in [5.41, 5.74) is -1.92. The van der Waals surface area contributed by atoms with Crippen molar-refractivity contribution in [3.05, 3.63) is 0 Å². The zero-order chi connectivity index (χ0) is 25.6. The van der Waals surface area contributed by atoms with Crippen molar-refractivity contribution < 1.29 is 19.1 Å². The second-order valence-electron chi connectivity index (χ2n) is 13.1. The molecule has 188 valence electrons. The Balaban J connectivity index is 5.65. The standard InChI is InChI=1S/C25H49N3O4/c1-21(2,3)25(15-13-18(29)26-22(4,5)6,16-14-19(30)27-23(7,8)9)17-32-20(31)28-24(10,11)12/h13-17H2,1-12H3,(H,26,29)(H,27,30)(H,28,31). The Morgan fingerprint density at radius 3 is 1.22 bits per heavy atom. The van der Waals surface area contributed by atoms with Crippen LogP contribution in [0.1, 0.15) is 109 Å². The highest BCUT2D eigenvalue weighted by Crippen LogP contribution is 2.46. The first-order valence-corrected chi connectivity index (χ1v) is 11.6. The molecule has 0 aromatic rings. The van der Waals surface area contributed by atoms with Crippen LogP contribution < -0.4 is 16.0 Å². The van der Waals surface area contributed by atoms with Crippen molar-refractivity contribution in [3.8, 4) is 0 Å². The van der Waals surface area contributed by atoms with Crippen LogP contribution in [0.15, 0.2) is 0 Å². The molecular formula is C25H49N3O4. The van der Waals surface area contributed by atoms with Crippen molar-refractivity contribution in [1.29, 1.82) is 0 Å². The molecule has 0 atom stereocenters. The van der Waals surface area contributed by atoms with Gasteiger partial charge in [-0.25, -0.2) is 4.79 Å². The topological polar surface area (TPSA) is 96.5 Å². The summed E-state index contributed by atoms with van der Waals surface area (Å²) in [6, 6.07) is 0. The number of carbonyl (C=O) groups excluding carboxylic acids is 3. The number of rotatable bonds is 8. The van der Waals surface area contributed by atoms with E-state index in [0.717, 1.165) is 0 Å². The Morgan fingerprint density at radius 1 is 0.594 bits per heavy atom. The summed E-state index contributed by atoms with van der Waals surface area (Å²) in [5, 5.41) is 8.81. The van der Waals surface area contributed by atoms with Gasteiger partial charge in [0.05, 0.1) is 6.61 Å². The van der Waals surface area contributed by atoms with Gasteiger partial charge in [0.15, 0.2) is 0 Å². The largest absolute Gasteiger partial charge is 0.449 e. The van der Waals surface area contributed by atoms with Gasteiger partial charge in [-0.15, -0.1) is 0 Å². The lowest BCUT2D eigenvalue weighted by atomic mass is 9.62. The number of nitrogens with one attached hydrogen (secondary N) is 3. The third-order valence-corrected chi connectivity index (χ3v) is 5.24. The summed E-state index contributed by atoms with van der Waals surface area (Å²) in [6.07, 6.45) is 1.09. The van der Waals surface area contributed by atoms with Gasteiger partial charge in [-0.1, -0.05) is 20.8 Å². The third kappa shape index (κ3) is 12.9. The van der Waals surface area contributed by atoms with E-state index >= 15 is 0 Å². The highest BCUT2D eigenvalue weighted by molar-refractivity contribution is 5.77. The van der Waals surface area contributed by atoms with E-state index in [1.165, 1.54) is 0 Å². The van der Waals surface area contributed by atoms with Gasteiger partial charge in [0.2, 0.25) is 11.8 Å². The van der Waals surface area contributed by atoms with Crippen LogP contribution in [0.3, 0.4) is 0 Å². The molecule has 0 rings (SSSR count). The van der Waals surface area contributed by atoms with Crippen molar-refractivity contribution in [1.82, 2.24) is 16.0 Å². The molecule has 0 spiro atoms. The summed E-state index contributed by atoms with van der Waals surface area (Å²) < 4.78 is 5.66. The number of alkyl carbamates (subject to hydrolysis) is 1. The molecule has 0 saturated carbocycles. The maximum atomic E-state index is 12.6. The van der Waals surface area contributed by atoms with E-state index < -0.39 is 17.0 Å². The van der Waals surface area contributed by atoms with Gasteiger partial charge in [-0.2, -0.15) is 0 Å². The predicted octanol–water partition coefficient (Wildman–Crippen LogP) is 4.93. The Hall–Kier alpha value is -1.79. The first kappa shape index (κ1) is 30.2. The van der Waals surface area contributed by atoms with Crippen LogP contribution >= 0.6 is 0 Å². The van der Waals surface area contributed by atoms with Crippen molar-refractivity contribution in [2.75, 3.05) is 6.61 Å². The molecule has 0 aliphatic heterocycles. The van der Waals surface area contributed by atoms with Crippen LogP contribution in [0.4, 0.5) is 4.79 Å². The van der Waals surface area contributed by atoms with Crippen molar-refractivity contribution >= 4 is 17.9 Å². The van der Waals surface area contributed by atoms with Crippen molar-refractivity contribution in [2.24, 2.45) is 10.8 Å². The van der Waals surface area contributed by atoms with E-state index in [9.17, 15) is 14.4 Å². The molecular weight excluding hydrogens is 406 g/mol. The maximum absolute atomic E-state index is 12.6. The molecule has 0 radical (unpaired) electrons. The highest BCUT2D eigenvalue weighted by Gasteiger charge is 2.43. The van der Waals surface area contributed by atoms with E-state index in [2.05, 4.69) is 36.7 Å². The molecule has 0 aliphatic rings. The Kier molecular flexibility index (Phi) is 10.3. The zero-order valence-corrected chi connectivity index (χ0v) is 22.7. The highest BCUT2D eigenvalue weighted by atomic mass is 16.5. The van der Waals surface area contributed by atoms with Gasteiger partial charge in [0, 0.05) is 34.9 Å². The number of carbonyl (C=O) groups is 3. The molecule has 3 amide bonds. The first-order valence-electron chi connectivity index (χ1n) is 11.6. The van der Waals surface area contributed by atoms with Crippen LogP contribution in [0, 0.1) is 10.8 Å². The Bertz CT molecular complexity index is 565. The fourth-order valence-electron chi connectivity index (χ4n) is 3.45. The first-order chi connectivity index (χ1) is 14.1. The molecule has 0 aliphatic carbocycles. The van der Waals surface area contributed by atoms with Gasteiger partial charge in [-0.3, -0.25) is 9.59 Å². The fourth-order valence-corrected chi connectivity index (χ4v) is 3.45. The lowest BCUT2D eigenvalue weighted by Gasteiger charge is -2.45. The van der Waals surface area contributed by atoms with E-state index in [1.807, 2.05) is 62.3 Å². The molecule has 0 heterocycles. The summed E-state index contributed by atoms with van der Waals surface area (Å²) in [5.74, 6) is -0.103. The van der Waals surface area contributed by atoms with Gasteiger partial charge in [0.1, 0.15) is 0 Å². The summed E-state index contributed by atoms with van der Waals surface area (Å²) in [7, 11) is 0. The van der Waals surface area contributed by atoms with Gasteiger partial charge in [0.25, 0.3) is 0 Å². The van der Waals surface area contributed by atoms with Gasteiger partial charge < -0.3 is 20.7 Å². The number of hydrogen-bond acceptors (Lipinski definition) is 4. The summed E-state index contributed by atoms with van der Waals surface area (Å²) >= 11 is 0. The number of amides is 3. The average molecular weight is 456 g/mol. The number of hydrogen-bond donors (Lipinski definition) is 3. The van der Waals surface area contributed by atoms with Gasteiger partial charge in [-0.05, 0) is 80.6 Å². The van der Waals surface area contributed by atoms with Crippen LogP contribution in [-0.2, 0) is 14.3 Å². The molecule has 7 nitrogen and oxygen atoms in total. The predicted molar refractivity (Wildman–Crippen MR) is 130 cm³/mol. The molecule has 3 N–H and O–H groups in total. The van der Waals surface area contributed by atoms with E-state index in [1.54, 1.807) is 0 Å². The van der Waals surface area contributed by atoms with Crippen molar-refractivity contribution in [2.45, 2.75) is 125 Å². The lowest BCUT2D eigenvalue weighted by molar-refractivity contribution is -0.125. The third-order valence-electron chi connectivity index (χ3n) is 5.24. The molecule has 0 aromatic heterocycles. The minimum absolute atomic E-state index is 0.0515. The quantitative estimate of drug-likeness (QED) is 0.483. The molecule has 32 heavy (non-hydrogen) atoms. The van der Waals surface area contributed by atoms with Crippen LogP contribution in [0.5, 0.6) is 0 Å². The van der Waals surface area contributed by atoms with Gasteiger partial charge >= 0.3 is 6.09 Å². The summed E-state index contributed by atoms with van der Waals surface area (Å²) in [4.78, 5) is 37.5. The lowest BCUT2D eigenvalue weighted by Crippen LogP contribution is -2.47. The maximum Gasteiger partial charge on any atom is 0.407 e. The second kappa shape index (κ2) is 10.9. The van der Waals surface area contributed by atoms with Crippen LogP contribution in [-0.4, -0.2) is 41.1 Å². The van der Waals surface area contributed by atoms with E-state index in [-0.39, 0.29) is 34.9 Å². The minimum Gasteiger partial charge on any atom is -0.449 e. The molecule has 0 aromatic carbocycles. The number of ether oxygens (including phenoxy) is 1. The molecule has 0 fully saturated rings. The Labute approximate surface area is 196 Å². The summed E-state index contributed by atoms with van der Waals surface area (Å²) in [6.45, 7) is 23.7. The fraction of sp³-hybridized carbons (Fsp3) is 0.880. The molecule has 0 bridgehead atoms. The minimum atomic E-state index is -0.549. The van der Waals surface area contributed by atoms with E-state index in [4.69, 9.17) is 4.74 Å². The van der Waals surface area contributed by atoms with Crippen molar-refractivity contribution in [3.63, 3.8) is 0 Å².